The summed E-state index contributed by atoms with van der Waals surface area (Å²) in [5.41, 5.74) is 4.90. The molecule has 0 saturated carbocycles. The van der Waals surface area contributed by atoms with Gasteiger partial charge < -0.3 is 5.11 Å². The fourth-order valence-electron chi connectivity index (χ4n) is 3.18. The van der Waals surface area contributed by atoms with Crippen LogP contribution in [0.25, 0.3) is 16.7 Å². The van der Waals surface area contributed by atoms with Crippen LogP contribution in [0, 0.1) is 5.82 Å². The molecule has 124 valence electrons. The van der Waals surface area contributed by atoms with E-state index in [-0.39, 0.29) is 12.2 Å². The monoisotopic (exact) mass is 344 g/mol. The van der Waals surface area contributed by atoms with Gasteiger partial charge in [-0.15, -0.1) is 0 Å². The number of carboxylic acids is 1. The molecule has 5 heteroatoms. The Morgan fingerprint density at radius 3 is 2.42 bits per heavy atom. The summed E-state index contributed by atoms with van der Waals surface area (Å²) in [7, 11) is -1.06. The van der Waals surface area contributed by atoms with Crippen LogP contribution in [0.3, 0.4) is 0 Å². The molecule has 0 fully saturated rings. The van der Waals surface area contributed by atoms with E-state index in [0.29, 0.717) is 22.5 Å². The number of carboxylic acid groups (broad SMARTS) is 1. The van der Waals surface area contributed by atoms with Gasteiger partial charge in [0, 0.05) is 22.0 Å². The van der Waals surface area contributed by atoms with Gasteiger partial charge in [0.1, 0.15) is 5.82 Å². The van der Waals surface area contributed by atoms with Crippen LogP contribution in [-0.4, -0.2) is 21.5 Å². The van der Waals surface area contributed by atoms with Crippen molar-refractivity contribution >= 4 is 22.3 Å². The van der Waals surface area contributed by atoms with Crippen molar-refractivity contribution in [2.24, 2.45) is 0 Å². The van der Waals surface area contributed by atoms with Gasteiger partial charge in [0.25, 0.3) is 0 Å². The van der Waals surface area contributed by atoms with E-state index >= 15 is 0 Å². The van der Waals surface area contributed by atoms with Gasteiger partial charge in [-0.3, -0.25) is 9.00 Å². The normalized spacial score (nSPS) is 14.6. The van der Waals surface area contributed by atoms with Crippen LogP contribution in [0.4, 0.5) is 4.39 Å². The first kappa shape index (κ1) is 16.6. The molecule has 24 heavy (non-hydrogen) atoms. The lowest BCUT2D eigenvalue weighted by Crippen LogP contribution is -1.98. The molecular weight excluding hydrogens is 327 g/mol. The molecule has 0 saturated heterocycles. The van der Waals surface area contributed by atoms with E-state index in [0.717, 1.165) is 22.3 Å². The van der Waals surface area contributed by atoms with E-state index in [1.54, 1.807) is 18.4 Å². The predicted molar refractivity (Wildman–Crippen MR) is 92.7 cm³/mol. The van der Waals surface area contributed by atoms with E-state index in [1.165, 1.54) is 12.1 Å². The maximum atomic E-state index is 14.1. The Kier molecular flexibility index (Phi) is 4.37. The zero-order valence-electron chi connectivity index (χ0n) is 13.4. The van der Waals surface area contributed by atoms with Crippen LogP contribution in [0.1, 0.15) is 24.5 Å². The van der Waals surface area contributed by atoms with Gasteiger partial charge in [-0.2, -0.15) is 0 Å². The summed E-state index contributed by atoms with van der Waals surface area (Å²) in [4.78, 5) is 11.8. The number of hydrogen-bond donors (Lipinski definition) is 1. The van der Waals surface area contributed by atoms with Crippen LogP contribution in [0.5, 0.6) is 0 Å². The molecule has 0 heterocycles. The Hall–Kier alpha value is -2.27. The van der Waals surface area contributed by atoms with Crippen molar-refractivity contribution < 1.29 is 18.5 Å². The zero-order valence-corrected chi connectivity index (χ0v) is 14.2. The smallest absolute Gasteiger partial charge is 0.307 e. The van der Waals surface area contributed by atoms with Gasteiger partial charge in [-0.1, -0.05) is 17.7 Å². The highest BCUT2D eigenvalue weighted by molar-refractivity contribution is 7.84. The van der Waals surface area contributed by atoms with Crippen molar-refractivity contribution in [2.45, 2.75) is 24.7 Å². The Labute approximate surface area is 142 Å². The minimum Gasteiger partial charge on any atom is -0.481 e. The number of fused-ring (bicyclic) bond motifs is 1. The topological polar surface area (TPSA) is 54.4 Å². The average Bonchev–Trinajstić information content (AvgIpc) is 2.82. The van der Waals surface area contributed by atoms with Gasteiger partial charge >= 0.3 is 5.97 Å². The van der Waals surface area contributed by atoms with Crippen LogP contribution in [0.15, 0.2) is 46.9 Å². The highest BCUT2D eigenvalue weighted by Crippen LogP contribution is 2.40. The molecule has 0 aliphatic heterocycles. The molecule has 1 atom stereocenters. The van der Waals surface area contributed by atoms with Gasteiger partial charge in [-0.05, 0) is 65.4 Å². The van der Waals surface area contributed by atoms with Crippen LogP contribution >= 0.6 is 0 Å². The second-order valence-electron chi connectivity index (χ2n) is 5.96. The summed E-state index contributed by atoms with van der Waals surface area (Å²) in [5.74, 6) is -1.30. The average molecular weight is 344 g/mol. The van der Waals surface area contributed by atoms with Gasteiger partial charge in [0.05, 0.1) is 6.42 Å². The second kappa shape index (κ2) is 6.32. The Morgan fingerprint density at radius 2 is 1.83 bits per heavy atom. The summed E-state index contributed by atoms with van der Waals surface area (Å²) in [6, 6.07) is 10.1. The van der Waals surface area contributed by atoms with Crippen molar-refractivity contribution in [3.8, 4) is 11.1 Å². The molecule has 1 aliphatic rings. The molecule has 0 bridgehead atoms. The molecule has 1 aliphatic carbocycles. The van der Waals surface area contributed by atoms with Crippen molar-refractivity contribution in [1.82, 2.24) is 0 Å². The van der Waals surface area contributed by atoms with Crippen LogP contribution in [-0.2, 0) is 22.0 Å². The highest BCUT2D eigenvalue weighted by Gasteiger charge is 2.24. The van der Waals surface area contributed by atoms with Gasteiger partial charge in [0.2, 0.25) is 0 Å². The highest BCUT2D eigenvalue weighted by atomic mass is 32.2. The van der Waals surface area contributed by atoms with E-state index < -0.39 is 16.8 Å². The summed E-state index contributed by atoms with van der Waals surface area (Å²) >= 11 is 0. The molecule has 1 unspecified atom stereocenters. The van der Waals surface area contributed by atoms with E-state index in [1.807, 2.05) is 19.1 Å². The molecule has 3 rings (SSSR count). The van der Waals surface area contributed by atoms with Crippen molar-refractivity contribution in [1.29, 1.82) is 0 Å². The fourth-order valence-corrected chi connectivity index (χ4v) is 3.70. The Balaban J connectivity index is 2.10. The summed E-state index contributed by atoms with van der Waals surface area (Å²) in [6.07, 6.45) is 2.13. The molecule has 0 spiro atoms. The molecule has 1 N–H and O–H groups in total. The minimum atomic E-state index is -1.06. The molecular formula is C19H17FO3S. The lowest BCUT2D eigenvalue weighted by Gasteiger charge is -2.11. The molecule has 2 aromatic rings. The quantitative estimate of drug-likeness (QED) is 0.911. The Bertz CT molecular complexity index is 882. The van der Waals surface area contributed by atoms with Crippen LogP contribution < -0.4 is 0 Å². The first-order valence-electron chi connectivity index (χ1n) is 7.54. The molecule has 3 nitrogen and oxygen atoms in total. The van der Waals surface area contributed by atoms with Crippen molar-refractivity contribution in [3.63, 3.8) is 0 Å². The number of rotatable bonds is 4. The molecule has 2 aromatic carbocycles. The number of halogens is 1. The number of aliphatic carboxylic acids is 1. The van der Waals surface area contributed by atoms with E-state index in [4.69, 9.17) is 5.11 Å². The SMILES string of the molecule is CC1=C(CC(=O)O)c2cc(F)cc(-c3ccc(S(C)=O)cc3)c2C1. The standard InChI is InChI=1S/C19H17FO3S/c1-11-7-17-16(12-3-5-14(6-4-12)24(2)23)8-13(20)9-18(17)15(11)10-19(21)22/h3-6,8-9H,7,10H2,1-2H3,(H,21,22). The summed E-state index contributed by atoms with van der Waals surface area (Å²) < 4.78 is 25.6. The zero-order chi connectivity index (χ0) is 17.4. The van der Waals surface area contributed by atoms with E-state index in [2.05, 4.69) is 0 Å². The van der Waals surface area contributed by atoms with Gasteiger partial charge in [0.15, 0.2) is 0 Å². The lowest BCUT2D eigenvalue weighted by molar-refractivity contribution is -0.135. The number of hydrogen-bond acceptors (Lipinski definition) is 2. The van der Waals surface area contributed by atoms with Crippen molar-refractivity contribution in [3.05, 3.63) is 58.9 Å². The third kappa shape index (κ3) is 3.04. The predicted octanol–water partition coefficient (Wildman–Crippen LogP) is 4.03. The Morgan fingerprint density at radius 1 is 1.21 bits per heavy atom. The molecule has 0 aromatic heterocycles. The van der Waals surface area contributed by atoms with Gasteiger partial charge in [-0.25, -0.2) is 4.39 Å². The number of benzene rings is 2. The summed E-state index contributed by atoms with van der Waals surface area (Å²) in [6.45, 7) is 1.89. The van der Waals surface area contributed by atoms with Crippen LogP contribution in [0.2, 0.25) is 0 Å². The lowest BCUT2D eigenvalue weighted by atomic mass is 9.94. The fraction of sp³-hybridized carbons (Fsp3) is 0.211. The van der Waals surface area contributed by atoms with Crippen molar-refractivity contribution in [2.75, 3.05) is 6.26 Å². The second-order valence-corrected chi connectivity index (χ2v) is 7.34. The third-order valence-electron chi connectivity index (χ3n) is 4.32. The molecule has 0 radical (unpaired) electrons. The molecule has 0 amide bonds. The third-order valence-corrected chi connectivity index (χ3v) is 5.26. The first-order chi connectivity index (χ1) is 11.4. The number of carbonyl (C=O) groups is 1. The maximum Gasteiger partial charge on any atom is 0.307 e. The van der Waals surface area contributed by atoms with E-state index in [9.17, 15) is 13.4 Å². The minimum absolute atomic E-state index is 0.102. The summed E-state index contributed by atoms with van der Waals surface area (Å²) in [5, 5.41) is 9.10. The maximum absolute atomic E-state index is 14.1. The first-order valence-corrected chi connectivity index (χ1v) is 9.09. The largest absolute Gasteiger partial charge is 0.481 e. The number of allylic oxidation sites excluding steroid dienone is 1.